The molecule has 0 aliphatic carbocycles. The quantitative estimate of drug-likeness (QED) is 0.926. The zero-order chi connectivity index (χ0) is 14.2. The second kappa shape index (κ2) is 5.28. The molecule has 2 saturated heterocycles. The molecule has 4 nitrogen and oxygen atoms in total. The lowest BCUT2D eigenvalue weighted by atomic mass is 10.0. The van der Waals surface area contributed by atoms with Crippen LogP contribution in [0.5, 0.6) is 0 Å². The Balaban J connectivity index is 1.54. The van der Waals surface area contributed by atoms with Crippen molar-refractivity contribution in [1.82, 2.24) is 5.32 Å². The van der Waals surface area contributed by atoms with E-state index in [0.717, 1.165) is 19.4 Å². The molecule has 2 fully saturated rings. The lowest BCUT2D eigenvalue weighted by Crippen LogP contribution is -2.34. The standard InChI is InChI=1S/C17H21N3O/c1-2-16-18-8-3-9-20(16)13-6-4-12(5-7-13)17-15-10-14(21-17)11-19-15/h3-9,14-17,19H,2,10-11H2,1H3/t14-,15-,16?,17+/m0/s1. The maximum absolute atomic E-state index is 6.06. The molecule has 21 heavy (non-hydrogen) atoms. The number of rotatable bonds is 3. The molecule has 3 heterocycles. The molecule has 4 rings (SSSR count). The first-order valence-corrected chi connectivity index (χ1v) is 7.82. The number of nitrogens with zero attached hydrogens (tertiary/aromatic N) is 2. The average Bonchev–Trinajstić information content (AvgIpc) is 3.18. The van der Waals surface area contributed by atoms with E-state index in [4.69, 9.17) is 4.74 Å². The van der Waals surface area contributed by atoms with E-state index in [1.54, 1.807) is 0 Å². The Morgan fingerprint density at radius 3 is 2.86 bits per heavy atom. The lowest BCUT2D eigenvalue weighted by Gasteiger charge is -2.29. The monoisotopic (exact) mass is 283 g/mol. The van der Waals surface area contributed by atoms with E-state index in [-0.39, 0.29) is 12.3 Å². The summed E-state index contributed by atoms with van der Waals surface area (Å²) in [5, 5.41) is 3.53. The third-order valence-corrected chi connectivity index (χ3v) is 4.63. The van der Waals surface area contributed by atoms with Gasteiger partial charge in [-0.15, -0.1) is 0 Å². The second-order valence-electron chi connectivity index (χ2n) is 5.96. The highest BCUT2D eigenvalue weighted by molar-refractivity contribution is 5.74. The number of allylic oxidation sites excluding steroid dienone is 1. The van der Waals surface area contributed by atoms with Crippen molar-refractivity contribution in [2.45, 2.75) is 44.2 Å². The van der Waals surface area contributed by atoms with E-state index in [9.17, 15) is 0 Å². The van der Waals surface area contributed by atoms with E-state index < -0.39 is 0 Å². The summed E-state index contributed by atoms with van der Waals surface area (Å²) < 4.78 is 6.06. The summed E-state index contributed by atoms with van der Waals surface area (Å²) in [6.07, 6.45) is 8.96. The van der Waals surface area contributed by atoms with E-state index in [2.05, 4.69) is 52.6 Å². The molecule has 0 aromatic heterocycles. The molecular formula is C17H21N3O. The number of hydrogen-bond acceptors (Lipinski definition) is 4. The first-order valence-electron chi connectivity index (χ1n) is 7.82. The average molecular weight is 283 g/mol. The first kappa shape index (κ1) is 13.0. The van der Waals surface area contributed by atoms with Crippen molar-refractivity contribution < 1.29 is 4.74 Å². The predicted octanol–water partition coefficient (Wildman–Crippen LogP) is 2.63. The topological polar surface area (TPSA) is 36.9 Å². The van der Waals surface area contributed by atoms with Crippen LogP contribution in [0.1, 0.15) is 31.4 Å². The Kier molecular flexibility index (Phi) is 3.28. The number of fused-ring (bicyclic) bond motifs is 2. The molecule has 1 unspecified atom stereocenters. The lowest BCUT2D eigenvalue weighted by molar-refractivity contribution is 0.0160. The highest BCUT2D eigenvalue weighted by atomic mass is 16.5. The van der Waals surface area contributed by atoms with Crippen LogP contribution >= 0.6 is 0 Å². The molecule has 1 aromatic carbocycles. The maximum Gasteiger partial charge on any atom is 0.124 e. The van der Waals surface area contributed by atoms with E-state index in [0.29, 0.717) is 12.1 Å². The van der Waals surface area contributed by atoms with Gasteiger partial charge < -0.3 is 15.0 Å². The normalized spacial score (nSPS) is 33.9. The zero-order valence-corrected chi connectivity index (χ0v) is 12.3. The fourth-order valence-electron chi connectivity index (χ4n) is 3.53. The fourth-order valence-corrected chi connectivity index (χ4v) is 3.53. The summed E-state index contributed by atoms with van der Waals surface area (Å²) in [5.41, 5.74) is 2.46. The molecule has 4 atom stereocenters. The van der Waals surface area contributed by atoms with Gasteiger partial charge in [-0.1, -0.05) is 19.1 Å². The van der Waals surface area contributed by atoms with Gasteiger partial charge in [0.15, 0.2) is 0 Å². The van der Waals surface area contributed by atoms with Gasteiger partial charge in [0.05, 0.1) is 12.2 Å². The Bertz CT molecular complexity index is 566. The summed E-state index contributed by atoms with van der Waals surface area (Å²) in [6, 6.07) is 9.24. The number of ether oxygens (including phenoxy) is 1. The number of nitrogens with one attached hydrogen (secondary N) is 1. The van der Waals surface area contributed by atoms with Crippen LogP contribution in [0.2, 0.25) is 0 Å². The van der Waals surface area contributed by atoms with Gasteiger partial charge in [-0.2, -0.15) is 0 Å². The number of anilines is 1. The van der Waals surface area contributed by atoms with Crippen molar-refractivity contribution in [3.05, 3.63) is 42.1 Å². The molecule has 1 N–H and O–H groups in total. The summed E-state index contributed by atoms with van der Waals surface area (Å²) in [7, 11) is 0. The van der Waals surface area contributed by atoms with Crippen molar-refractivity contribution in [1.29, 1.82) is 0 Å². The highest BCUT2D eigenvalue weighted by Gasteiger charge is 2.41. The second-order valence-corrected chi connectivity index (χ2v) is 5.96. The smallest absolute Gasteiger partial charge is 0.124 e. The minimum atomic E-state index is 0.209. The molecule has 0 spiro atoms. The van der Waals surface area contributed by atoms with Crippen LogP contribution in [0, 0.1) is 0 Å². The molecule has 1 aromatic rings. The largest absolute Gasteiger partial charge is 0.367 e. The minimum absolute atomic E-state index is 0.209. The third-order valence-electron chi connectivity index (χ3n) is 4.63. The number of aliphatic imine (C=N–C) groups is 1. The van der Waals surface area contributed by atoms with Crippen LogP contribution in [0.15, 0.2) is 41.5 Å². The van der Waals surface area contributed by atoms with Gasteiger partial charge in [-0.25, -0.2) is 0 Å². The van der Waals surface area contributed by atoms with Crippen LogP contribution in [-0.2, 0) is 4.74 Å². The Hall–Kier alpha value is -1.65. The highest BCUT2D eigenvalue weighted by Crippen LogP contribution is 2.37. The van der Waals surface area contributed by atoms with Gasteiger partial charge in [-0.3, -0.25) is 4.99 Å². The maximum atomic E-state index is 6.06. The fraction of sp³-hybridized carbons (Fsp3) is 0.471. The zero-order valence-electron chi connectivity index (χ0n) is 12.3. The van der Waals surface area contributed by atoms with Gasteiger partial charge in [0.2, 0.25) is 0 Å². The van der Waals surface area contributed by atoms with Crippen LogP contribution < -0.4 is 10.2 Å². The summed E-state index contributed by atoms with van der Waals surface area (Å²) in [4.78, 5) is 6.74. The molecule has 0 amide bonds. The predicted molar refractivity (Wildman–Crippen MR) is 84.7 cm³/mol. The molecular weight excluding hydrogens is 262 g/mol. The molecule has 4 heteroatoms. The SMILES string of the molecule is CCC1N=CC=CN1c1ccc([C@H]2O[C@@H]3CN[C@H]2C3)cc1. The van der Waals surface area contributed by atoms with Gasteiger partial charge in [0.1, 0.15) is 6.17 Å². The molecule has 3 aliphatic rings. The molecule has 110 valence electrons. The van der Waals surface area contributed by atoms with Crippen molar-refractivity contribution >= 4 is 11.9 Å². The summed E-state index contributed by atoms with van der Waals surface area (Å²) in [6.45, 7) is 3.17. The first-order chi connectivity index (χ1) is 10.3. The van der Waals surface area contributed by atoms with Crippen LogP contribution in [-0.4, -0.2) is 31.1 Å². The van der Waals surface area contributed by atoms with E-state index in [1.807, 2.05) is 12.3 Å². The Morgan fingerprint density at radius 2 is 2.19 bits per heavy atom. The third kappa shape index (κ3) is 2.28. The number of benzene rings is 1. The van der Waals surface area contributed by atoms with Crippen molar-refractivity contribution in [2.75, 3.05) is 11.4 Å². The van der Waals surface area contributed by atoms with Crippen molar-refractivity contribution in [2.24, 2.45) is 4.99 Å². The Labute approximate surface area is 125 Å². The Morgan fingerprint density at radius 1 is 1.33 bits per heavy atom. The molecule has 2 bridgehead atoms. The van der Waals surface area contributed by atoms with Gasteiger partial charge in [0.25, 0.3) is 0 Å². The van der Waals surface area contributed by atoms with Crippen LogP contribution in [0.3, 0.4) is 0 Å². The molecule has 0 saturated carbocycles. The van der Waals surface area contributed by atoms with Crippen molar-refractivity contribution in [3.8, 4) is 0 Å². The minimum Gasteiger partial charge on any atom is -0.367 e. The number of hydrogen-bond donors (Lipinski definition) is 1. The van der Waals surface area contributed by atoms with Crippen LogP contribution in [0.25, 0.3) is 0 Å². The van der Waals surface area contributed by atoms with Crippen molar-refractivity contribution in [3.63, 3.8) is 0 Å². The van der Waals surface area contributed by atoms with Gasteiger partial charge in [-0.05, 0) is 36.6 Å². The molecule has 0 radical (unpaired) electrons. The van der Waals surface area contributed by atoms with Gasteiger partial charge >= 0.3 is 0 Å². The van der Waals surface area contributed by atoms with Crippen LogP contribution in [0.4, 0.5) is 5.69 Å². The summed E-state index contributed by atoms with van der Waals surface area (Å²) >= 11 is 0. The summed E-state index contributed by atoms with van der Waals surface area (Å²) in [5.74, 6) is 0. The van der Waals surface area contributed by atoms with E-state index >= 15 is 0 Å². The van der Waals surface area contributed by atoms with E-state index in [1.165, 1.54) is 11.3 Å². The number of morpholine rings is 1. The van der Waals surface area contributed by atoms with Gasteiger partial charge in [0, 0.05) is 30.7 Å². The molecule has 3 aliphatic heterocycles.